The zero-order chi connectivity index (χ0) is 20.8. The molecule has 0 bridgehead atoms. The molecular formula is C23H34ClNO5. The van der Waals surface area contributed by atoms with E-state index in [0.29, 0.717) is 6.42 Å². The number of hydrogen-bond acceptors (Lipinski definition) is 6. The van der Waals surface area contributed by atoms with Gasteiger partial charge in [0.05, 0.1) is 13.0 Å². The molecule has 0 radical (unpaired) electrons. The first-order valence-electron chi connectivity index (χ1n) is 10.8. The normalized spacial score (nSPS) is 27.8. The van der Waals surface area contributed by atoms with Crippen LogP contribution in [0.4, 0.5) is 0 Å². The van der Waals surface area contributed by atoms with Crippen molar-refractivity contribution in [1.82, 2.24) is 0 Å². The Morgan fingerprint density at radius 1 is 1.10 bits per heavy atom. The van der Waals surface area contributed by atoms with E-state index in [1.807, 2.05) is 31.2 Å². The van der Waals surface area contributed by atoms with Gasteiger partial charge in [-0.3, -0.25) is 9.59 Å². The molecule has 2 N–H and O–H groups in total. The highest BCUT2D eigenvalue weighted by molar-refractivity contribution is 5.85. The maximum Gasteiger partial charge on any atom is 0.323 e. The molecule has 0 unspecified atom stereocenters. The Balaban J connectivity index is 0.00000320. The van der Waals surface area contributed by atoms with Crippen molar-refractivity contribution in [3.05, 3.63) is 29.8 Å². The van der Waals surface area contributed by atoms with Gasteiger partial charge in [0.1, 0.15) is 24.0 Å². The van der Waals surface area contributed by atoms with Crippen LogP contribution in [0.15, 0.2) is 24.3 Å². The van der Waals surface area contributed by atoms with Crippen LogP contribution in [0.3, 0.4) is 0 Å². The Morgan fingerprint density at radius 3 is 2.40 bits per heavy atom. The summed E-state index contributed by atoms with van der Waals surface area (Å²) in [5, 5.41) is 0. The highest BCUT2D eigenvalue weighted by atomic mass is 35.5. The number of rotatable bonds is 5. The molecule has 6 nitrogen and oxygen atoms in total. The molecule has 0 spiro atoms. The van der Waals surface area contributed by atoms with Crippen molar-refractivity contribution in [3.8, 4) is 5.75 Å². The molecular weight excluding hydrogens is 406 g/mol. The fraction of sp³-hybridized carbons (Fsp3) is 0.652. The molecule has 4 atom stereocenters. The second-order valence-corrected chi connectivity index (χ2v) is 8.37. The van der Waals surface area contributed by atoms with E-state index in [-0.39, 0.29) is 30.2 Å². The minimum Gasteiger partial charge on any atom is -0.497 e. The minimum atomic E-state index is -0.622. The first-order chi connectivity index (χ1) is 14.0. The summed E-state index contributed by atoms with van der Waals surface area (Å²) in [5.74, 6) is 0.264. The van der Waals surface area contributed by atoms with Gasteiger partial charge in [-0.15, -0.1) is 12.4 Å². The van der Waals surface area contributed by atoms with Crippen molar-refractivity contribution in [2.75, 3.05) is 7.11 Å². The zero-order valence-corrected chi connectivity index (χ0v) is 18.7. The molecule has 0 aromatic heterocycles. The van der Waals surface area contributed by atoms with Gasteiger partial charge >= 0.3 is 11.9 Å². The summed E-state index contributed by atoms with van der Waals surface area (Å²) in [5.41, 5.74) is 7.10. The lowest BCUT2D eigenvalue weighted by atomic mass is 9.86. The van der Waals surface area contributed by atoms with E-state index in [4.69, 9.17) is 19.9 Å². The number of methoxy groups -OCH3 is 1. The van der Waals surface area contributed by atoms with Crippen LogP contribution in [0.25, 0.3) is 0 Å². The summed E-state index contributed by atoms with van der Waals surface area (Å²) in [6.07, 6.45) is 5.84. The van der Waals surface area contributed by atoms with E-state index in [2.05, 4.69) is 0 Å². The molecule has 1 heterocycles. The van der Waals surface area contributed by atoms with Gasteiger partial charge < -0.3 is 19.9 Å². The van der Waals surface area contributed by atoms with E-state index >= 15 is 0 Å². The molecule has 2 fully saturated rings. The van der Waals surface area contributed by atoms with E-state index in [9.17, 15) is 9.59 Å². The Hall–Kier alpha value is -1.79. The summed E-state index contributed by atoms with van der Waals surface area (Å²) in [6, 6.07) is 7.31. The molecule has 30 heavy (non-hydrogen) atoms. The number of carbonyl (C=O) groups excluding carboxylic acids is 2. The monoisotopic (exact) mass is 439 g/mol. The second kappa shape index (κ2) is 11.6. The van der Waals surface area contributed by atoms with Crippen LogP contribution in [0.5, 0.6) is 5.75 Å². The van der Waals surface area contributed by atoms with E-state index < -0.39 is 24.2 Å². The lowest BCUT2D eigenvalue weighted by molar-refractivity contribution is -0.174. The summed E-state index contributed by atoms with van der Waals surface area (Å²) in [7, 11) is 1.64. The smallest absolute Gasteiger partial charge is 0.323 e. The fourth-order valence-electron chi connectivity index (χ4n) is 4.47. The first-order valence-corrected chi connectivity index (χ1v) is 10.8. The third-order valence-corrected chi connectivity index (χ3v) is 6.22. The van der Waals surface area contributed by atoms with E-state index in [1.54, 1.807) is 7.11 Å². The standard InChI is InChI=1S/C23H33NO5.ClH/c1-15-21(29-22(25)17-6-3-4-7-17)18(8-5-9-20(24)23(26)28-15)14-16-10-12-19(27-2)13-11-16;/h10-13,15,17-18,20-21H,3-9,14,24H2,1-2H3;1H/t15-,18+,20-,21-;/m0./s1. The van der Waals surface area contributed by atoms with Crippen molar-refractivity contribution in [3.63, 3.8) is 0 Å². The van der Waals surface area contributed by atoms with Crippen LogP contribution < -0.4 is 10.5 Å². The van der Waals surface area contributed by atoms with Crippen molar-refractivity contribution in [2.24, 2.45) is 17.6 Å². The van der Waals surface area contributed by atoms with Gasteiger partial charge in [-0.2, -0.15) is 0 Å². The Labute approximate surface area is 185 Å². The maximum atomic E-state index is 12.8. The van der Waals surface area contributed by atoms with E-state index in [1.165, 1.54) is 0 Å². The molecule has 0 amide bonds. The lowest BCUT2D eigenvalue weighted by Crippen LogP contribution is -2.42. The highest BCUT2D eigenvalue weighted by Gasteiger charge is 2.37. The van der Waals surface area contributed by atoms with Crippen LogP contribution in [-0.2, 0) is 25.5 Å². The van der Waals surface area contributed by atoms with Crippen LogP contribution in [-0.4, -0.2) is 37.3 Å². The number of ether oxygens (including phenoxy) is 3. The van der Waals surface area contributed by atoms with Gasteiger partial charge in [0, 0.05) is 5.92 Å². The zero-order valence-electron chi connectivity index (χ0n) is 17.9. The van der Waals surface area contributed by atoms with Gasteiger partial charge in [0.2, 0.25) is 0 Å². The largest absolute Gasteiger partial charge is 0.497 e. The topological polar surface area (TPSA) is 87.8 Å². The number of esters is 2. The molecule has 1 aliphatic heterocycles. The molecule has 1 aromatic rings. The average Bonchev–Trinajstić information content (AvgIpc) is 3.26. The molecule has 1 saturated carbocycles. The number of hydrogen-bond donors (Lipinski definition) is 1. The lowest BCUT2D eigenvalue weighted by Gasteiger charge is -2.31. The molecule has 1 aromatic carbocycles. The quantitative estimate of drug-likeness (QED) is 0.701. The predicted molar refractivity (Wildman–Crippen MR) is 117 cm³/mol. The predicted octanol–water partition coefficient (Wildman–Crippen LogP) is 3.82. The van der Waals surface area contributed by atoms with Gasteiger partial charge in [-0.05, 0) is 56.7 Å². The van der Waals surface area contributed by atoms with Crippen LogP contribution >= 0.6 is 12.4 Å². The van der Waals surface area contributed by atoms with E-state index in [0.717, 1.165) is 56.3 Å². The number of cyclic esters (lactones) is 1. The van der Waals surface area contributed by atoms with Crippen LogP contribution in [0.1, 0.15) is 57.4 Å². The molecule has 2 aliphatic rings. The highest BCUT2D eigenvalue weighted by Crippen LogP contribution is 2.31. The number of halogens is 1. The van der Waals surface area contributed by atoms with Crippen molar-refractivity contribution < 1.29 is 23.8 Å². The van der Waals surface area contributed by atoms with Crippen molar-refractivity contribution in [2.45, 2.75) is 76.5 Å². The summed E-state index contributed by atoms with van der Waals surface area (Å²) in [6.45, 7) is 1.81. The average molecular weight is 440 g/mol. The number of carbonyl (C=O) groups is 2. The van der Waals surface area contributed by atoms with Crippen LogP contribution in [0.2, 0.25) is 0 Å². The van der Waals surface area contributed by atoms with Crippen LogP contribution in [0, 0.1) is 11.8 Å². The Kier molecular flexibility index (Phi) is 9.43. The third-order valence-electron chi connectivity index (χ3n) is 6.22. The van der Waals surface area contributed by atoms with Gasteiger partial charge in [-0.25, -0.2) is 0 Å². The molecule has 7 heteroatoms. The maximum absolute atomic E-state index is 12.8. The molecule has 168 valence electrons. The second-order valence-electron chi connectivity index (χ2n) is 8.37. The Morgan fingerprint density at radius 2 is 1.77 bits per heavy atom. The fourth-order valence-corrected chi connectivity index (χ4v) is 4.47. The molecule has 1 aliphatic carbocycles. The van der Waals surface area contributed by atoms with Gasteiger partial charge in [-0.1, -0.05) is 31.4 Å². The molecule has 3 rings (SSSR count). The van der Waals surface area contributed by atoms with Gasteiger partial charge in [0.25, 0.3) is 0 Å². The van der Waals surface area contributed by atoms with Crippen molar-refractivity contribution >= 4 is 24.3 Å². The summed E-state index contributed by atoms with van der Waals surface area (Å²) in [4.78, 5) is 25.0. The third kappa shape index (κ3) is 6.35. The molecule has 1 saturated heterocycles. The summed E-state index contributed by atoms with van der Waals surface area (Å²) >= 11 is 0. The number of benzene rings is 1. The van der Waals surface area contributed by atoms with Gasteiger partial charge in [0.15, 0.2) is 0 Å². The van der Waals surface area contributed by atoms with Crippen molar-refractivity contribution in [1.29, 1.82) is 0 Å². The Bertz CT molecular complexity index is 689. The SMILES string of the molecule is COc1ccc(C[C@H]2CCC[C@H](N)C(=O)O[C@@H](C)[C@@H]2OC(=O)C2CCCC2)cc1.Cl. The number of nitrogens with two attached hydrogens (primary N) is 1. The first kappa shape index (κ1) is 24.5. The summed E-state index contributed by atoms with van der Waals surface area (Å²) < 4.78 is 16.9. The minimum absolute atomic E-state index is 0.